The molecule has 0 bridgehead atoms. The van der Waals surface area contributed by atoms with E-state index in [4.69, 9.17) is 18.9 Å². The van der Waals surface area contributed by atoms with Crippen LogP contribution in [0.1, 0.15) is 40.1 Å². The quantitative estimate of drug-likeness (QED) is 0.241. The standard InChI is InChI=1S/C26H30O12/c27-9-18-20(31)21(32)23(38-25-24(33)26(34,10-28)11-35-25)22(37-18)13-6-14(29)19-15(30)8-16(36-17(19)7-13)12-4-2-1-3-5-12/h1-7,16,18,20-25,27-29,31-34H,8-11H2/t16-,18-,20-,21+,22+,23-,24+,25+,26-/m1/s1. The molecule has 0 amide bonds. The summed E-state index contributed by atoms with van der Waals surface area (Å²) >= 11 is 0. The number of hydrogen-bond donors (Lipinski definition) is 7. The van der Waals surface area contributed by atoms with E-state index in [1.54, 1.807) is 0 Å². The van der Waals surface area contributed by atoms with Gasteiger partial charge in [-0.3, -0.25) is 4.79 Å². The van der Waals surface area contributed by atoms with Gasteiger partial charge in [0.05, 0.1) is 26.2 Å². The van der Waals surface area contributed by atoms with E-state index >= 15 is 0 Å². The molecule has 0 unspecified atom stereocenters. The summed E-state index contributed by atoms with van der Waals surface area (Å²) in [5.41, 5.74) is -1.08. The second-order valence-electron chi connectivity index (χ2n) is 9.80. The summed E-state index contributed by atoms with van der Waals surface area (Å²) in [6, 6.07) is 11.7. The van der Waals surface area contributed by atoms with E-state index in [0.717, 1.165) is 5.56 Å². The molecule has 12 nitrogen and oxygen atoms in total. The maximum absolute atomic E-state index is 12.9. The maximum atomic E-state index is 12.9. The summed E-state index contributed by atoms with van der Waals surface area (Å²) < 4.78 is 22.9. The molecule has 0 aliphatic carbocycles. The number of rotatable bonds is 6. The highest BCUT2D eigenvalue weighted by Crippen LogP contribution is 2.44. The van der Waals surface area contributed by atoms with Gasteiger partial charge >= 0.3 is 0 Å². The van der Waals surface area contributed by atoms with Gasteiger partial charge in [-0.1, -0.05) is 30.3 Å². The lowest BCUT2D eigenvalue weighted by Crippen LogP contribution is -2.58. The van der Waals surface area contributed by atoms with Gasteiger partial charge < -0.3 is 54.7 Å². The van der Waals surface area contributed by atoms with Crippen molar-refractivity contribution in [1.29, 1.82) is 0 Å². The van der Waals surface area contributed by atoms with Crippen LogP contribution < -0.4 is 4.74 Å². The Labute approximate surface area is 217 Å². The largest absolute Gasteiger partial charge is 0.507 e. The lowest BCUT2D eigenvalue weighted by atomic mass is 9.88. The number of carbonyl (C=O) groups is 1. The molecular weight excluding hydrogens is 504 g/mol. The van der Waals surface area contributed by atoms with E-state index in [2.05, 4.69) is 0 Å². The molecule has 12 heteroatoms. The molecule has 0 spiro atoms. The number of carbonyl (C=O) groups excluding carboxylic acids is 1. The Morgan fingerprint density at radius 3 is 2.42 bits per heavy atom. The molecule has 206 valence electrons. The van der Waals surface area contributed by atoms with Crippen molar-refractivity contribution < 1.29 is 59.5 Å². The number of aromatic hydroxyl groups is 1. The Morgan fingerprint density at radius 1 is 1.03 bits per heavy atom. The Balaban J connectivity index is 1.49. The molecule has 7 N–H and O–H groups in total. The van der Waals surface area contributed by atoms with Crippen molar-refractivity contribution in [2.24, 2.45) is 0 Å². The highest BCUT2D eigenvalue weighted by atomic mass is 16.7. The van der Waals surface area contributed by atoms with E-state index in [9.17, 15) is 40.5 Å². The highest BCUT2D eigenvalue weighted by molar-refractivity contribution is 6.02. The molecule has 3 heterocycles. The van der Waals surface area contributed by atoms with Crippen molar-refractivity contribution >= 4 is 5.78 Å². The maximum Gasteiger partial charge on any atom is 0.187 e. The van der Waals surface area contributed by atoms with E-state index in [1.807, 2.05) is 30.3 Å². The molecule has 2 saturated heterocycles. The van der Waals surface area contributed by atoms with Crippen molar-refractivity contribution in [3.63, 3.8) is 0 Å². The number of hydrogen-bond acceptors (Lipinski definition) is 12. The third-order valence-corrected chi connectivity index (χ3v) is 7.26. The highest BCUT2D eigenvalue weighted by Gasteiger charge is 2.53. The first-order valence-corrected chi connectivity index (χ1v) is 12.2. The Kier molecular flexibility index (Phi) is 7.44. The number of aliphatic hydroxyl groups excluding tert-OH is 5. The van der Waals surface area contributed by atoms with Crippen LogP contribution in [0.5, 0.6) is 11.5 Å². The topological polar surface area (TPSA) is 196 Å². The third kappa shape index (κ3) is 4.68. The fraction of sp³-hybridized carbons (Fsp3) is 0.500. The summed E-state index contributed by atoms with van der Waals surface area (Å²) in [5, 5.41) is 72.0. The van der Waals surface area contributed by atoms with Crippen molar-refractivity contribution in [3.8, 4) is 11.5 Å². The molecule has 3 aliphatic heterocycles. The zero-order valence-corrected chi connectivity index (χ0v) is 20.2. The van der Waals surface area contributed by atoms with Crippen LogP contribution in [-0.4, -0.2) is 104 Å². The van der Waals surface area contributed by atoms with Crippen LogP contribution in [0.2, 0.25) is 0 Å². The average molecular weight is 535 g/mol. The van der Waals surface area contributed by atoms with Crippen LogP contribution >= 0.6 is 0 Å². The number of Topliss-reactive ketones (excluding diaryl/α,β-unsaturated/α-hetero) is 1. The first-order chi connectivity index (χ1) is 18.2. The molecule has 9 atom stereocenters. The Morgan fingerprint density at radius 2 is 1.76 bits per heavy atom. The first-order valence-electron chi connectivity index (χ1n) is 12.2. The Hall–Kier alpha value is -2.65. The van der Waals surface area contributed by atoms with Gasteiger partial charge in [-0.25, -0.2) is 0 Å². The molecule has 0 aromatic heterocycles. The van der Waals surface area contributed by atoms with Gasteiger partial charge in [0, 0.05) is 0 Å². The smallest absolute Gasteiger partial charge is 0.187 e. The number of ketones is 1. The van der Waals surface area contributed by atoms with Gasteiger partial charge in [-0.2, -0.15) is 0 Å². The van der Waals surface area contributed by atoms with E-state index in [-0.39, 0.29) is 29.1 Å². The summed E-state index contributed by atoms with van der Waals surface area (Å²) in [6.45, 7) is -1.93. The van der Waals surface area contributed by atoms with Crippen LogP contribution in [0, 0.1) is 0 Å². The van der Waals surface area contributed by atoms with Crippen LogP contribution in [-0.2, 0) is 14.2 Å². The average Bonchev–Trinajstić information content (AvgIpc) is 3.20. The van der Waals surface area contributed by atoms with Crippen LogP contribution in [0.4, 0.5) is 0 Å². The molecule has 0 saturated carbocycles. The minimum absolute atomic E-state index is 0.0117. The van der Waals surface area contributed by atoms with Gasteiger partial charge in [0.25, 0.3) is 0 Å². The van der Waals surface area contributed by atoms with Gasteiger partial charge in [0.15, 0.2) is 12.1 Å². The molecular formula is C26H30O12. The number of benzene rings is 2. The van der Waals surface area contributed by atoms with Crippen LogP contribution in [0.15, 0.2) is 42.5 Å². The van der Waals surface area contributed by atoms with E-state index in [0.29, 0.717) is 0 Å². The number of phenols is 1. The fourth-order valence-electron chi connectivity index (χ4n) is 5.05. The lowest BCUT2D eigenvalue weighted by Gasteiger charge is -2.43. The van der Waals surface area contributed by atoms with Crippen molar-refractivity contribution in [3.05, 3.63) is 59.2 Å². The minimum atomic E-state index is -2.00. The van der Waals surface area contributed by atoms with Gasteiger partial charge in [-0.05, 0) is 23.3 Å². The van der Waals surface area contributed by atoms with Gasteiger partial charge in [0.2, 0.25) is 0 Å². The molecule has 3 aliphatic rings. The summed E-state index contributed by atoms with van der Waals surface area (Å²) in [6.07, 6.45) is -11.0. The van der Waals surface area contributed by atoms with Crippen molar-refractivity contribution in [2.75, 3.05) is 19.8 Å². The van der Waals surface area contributed by atoms with Crippen LogP contribution in [0.3, 0.4) is 0 Å². The summed E-state index contributed by atoms with van der Waals surface area (Å²) in [5.74, 6) is -0.666. The van der Waals surface area contributed by atoms with E-state index in [1.165, 1.54) is 12.1 Å². The molecule has 2 aromatic carbocycles. The third-order valence-electron chi connectivity index (χ3n) is 7.26. The predicted molar refractivity (Wildman–Crippen MR) is 126 cm³/mol. The number of aliphatic hydroxyl groups is 6. The van der Waals surface area contributed by atoms with E-state index < -0.39 is 80.2 Å². The molecule has 2 aromatic rings. The molecule has 5 rings (SSSR count). The van der Waals surface area contributed by atoms with Crippen molar-refractivity contribution in [2.45, 2.75) is 61.0 Å². The number of phenolic OH excluding ortho intramolecular Hbond substituents is 1. The van der Waals surface area contributed by atoms with Gasteiger partial charge in [0.1, 0.15) is 65.4 Å². The predicted octanol–water partition coefficient (Wildman–Crippen LogP) is -0.922. The first kappa shape index (κ1) is 26.9. The second-order valence-corrected chi connectivity index (χ2v) is 9.80. The van der Waals surface area contributed by atoms with Crippen molar-refractivity contribution in [1.82, 2.24) is 0 Å². The molecule has 38 heavy (non-hydrogen) atoms. The SMILES string of the molecule is O=C1C[C@H](c2ccccc2)Oc2cc([C@@H]3O[C@H](CO)[C@@H](O)[C@H](O)[C@H]3O[C@@H]3OC[C@](O)(CO)[C@H]3O)cc(O)c21. The molecule has 2 fully saturated rings. The Bertz CT molecular complexity index is 1160. The number of fused-ring (bicyclic) bond motifs is 1. The zero-order chi connectivity index (χ0) is 27.2. The fourth-order valence-corrected chi connectivity index (χ4v) is 5.05. The monoisotopic (exact) mass is 534 g/mol. The minimum Gasteiger partial charge on any atom is -0.507 e. The number of ether oxygens (including phenoxy) is 4. The van der Waals surface area contributed by atoms with Crippen LogP contribution in [0.25, 0.3) is 0 Å². The lowest BCUT2D eigenvalue weighted by molar-refractivity contribution is -0.286. The normalized spacial score (nSPS) is 37.1. The summed E-state index contributed by atoms with van der Waals surface area (Å²) in [4.78, 5) is 12.9. The van der Waals surface area contributed by atoms with Gasteiger partial charge in [-0.15, -0.1) is 0 Å². The zero-order valence-electron chi connectivity index (χ0n) is 20.2. The summed E-state index contributed by atoms with van der Waals surface area (Å²) in [7, 11) is 0. The second kappa shape index (κ2) is 10.5. The molecule has 0 radical (unpaired) electrons.